The summed E-state index contributed by atoms with van der Waals surface area (Å²) in [6, 6.07) is 14.1. The number of hydrogen-bond acceptors (Lipinski definition) is 6. The van der Waals surface area contributed by atoms with Crippen LogP contribution in [0.15, 0.2) is 64.3 Å². The Kier molecular flexibility index (Phi) is 5.39. The zero-order valence-electron chi connectivity index (χ0n) is 16.1. The lowest BCUT2D eigenvalue weighted by Crippen LogP contribution is -2.33. The van der Waals surface area contributed by atoms with Gasteiger partial charge in [-0.05, 0) is 17.7 Å². The molecular formula is C20H17N7O4. The van der Waals surface area contributed by atoms with E-state index in [1.807, 2.05) is 30.3 Å². The molecule has 0 bridgehead atoms. The van der Waals surface area contributed by atoms with Crippen molar-refractivity contribution >= 4 is 28.3 Å². The van der Waals surface area contributed by atoms with Gasteiger partial charge in [-0.1, -0.05) is 41.6 Å². The lowest BCUT2D eigenvalue weighted by Gasteiger charge is -2.08. The first-order valence-electron chi connectivity index (χ1n) is 9.27. The number of nitrogens with one attached hydrogen (secondary N) is 4. The zero-order valence-corrected chi connectivity index (χ0v) is 16.1. The smallest absolute Gasteiger partial charge is 0.273 e. The number of rotatable bonds is 6. The van der Waals surface area contributed by atoms with E-state index in [-0.39, 0.29) is 28.7 Å². The van der Waals surface area contributed by atoms with Gasteiger partial charge in [-0.3, -0.25) is 29.4 Å². The maximum absolute atomic E-state index is 12.3. The quantitative estimate of drug-likeness (QED) is 0.351. The summed E-state index contributed by atoms with van der Waals surface area (Å²) < 4.78 is 1.52. The van der Waals surface area contributed by atoms with Gasteiger partial charge in [-0.2, -0.15) is 0 Å². The molecule has 4 aromatic rings. The van der Waals surface area contributed by atoms with Crippen LogP contribution in [0.1, 0.15) is 16.1 Å². The van der Waals surface area contributed by atoms with Crippen molar-refractivity contribution in [3.05, 3.63) is 86.7 Å². The number of anilines is 1. The third kappa shape index (κ3) is 4.40. The second-order valence-electron chi connectivity index (χ2n) is 6.65. The first-order valence-corrected chi connectivity index (χ1v) is 9.27. The number of fused-ring (bicyclic) bond motifs is 1. The van der Waals surface area contributed by atoms with Gasteiger partial charge in [0.2, 0.25) is 5.91 Å². The minimum absolute atomic E-state index is 0.0507. The third-order valence-electron chi connectivity index (χ3n) is 4.47. The highest BCUT2D eigenvalue weighted by Crippen LogP contribution is 2.16. The number of nitrogens with zero attached hydrogens (tertiary/aromatic N) is 3. The Morgan fingerprint density at radius 3 is 2.55 bits per heavy atom. The van der Waals surface area contributed by atoms with E-state index < -0.39 is 22.9 Å². The Morgan fingerprint density at radius 2 is 1.74 bits per heavy atom. The first-order chi connectivity index (χ1) is 15.0. The standard InChI is InChI=1S/C20H17N7O4/c28-16(22-14-8-4-7-13-17(14)20(31)25-24-18(13)29)9-21-19(30)15-11-27(26-23-15)10-12-5-2-1-3-6-12/h1-8,11H,9-10H2,(H,21,30)(H,22,28)(H,24,29)(H,25,31). The molecule has 4 N–H and O–H groups in total. The average Bonchev–Trinajstić information content (AvgIpc) is 3.24. The molecule has 0 unspecified atom stereocenters. The van der Waals surface area contributed by atoms with Gasteiger partial charge in [0.25, 0.3) is 17.0 Å². The number of hydrogen-bond donors (Lipinski definition) is 4. The van der Waals surface area contributed by atoms with Gasteiger partial charge in [-0.15, -0.1) is 5.10 Å². The summed E-state index contributed by atoms with van der Waals surface area (Å²) in [5.74, 6) is -1.14. The molecule has 0 spiro atoms. The van der Waals surface area contributed by atoms with Crippen LogP contribution in [0.2, 0.25) is 0 Å². The fourth-order valence-corrected chi connectivity index (χ4v) is 3.03. The van der Waals surface area contributed by atoms with Crippen molar-refractivity contribution in [3.63, 3.8) is 0 Å². The third-order valence-corrected chi connectivity index (χ3v) is 4.47. The number of aromatic amines is 2. The van der Waals surface area contributed by atoms with Crippen LogP contribution in [0.3, 0.4) is 0 Å². The van der Waals surface area contributed by atoms with Crippen LogP contribution in [0, 0.1) is 0 Å². The normalized spacial score (nSPS) is 10.7. The van der Waals surface area contributed by atoms with Gasteiger partial charge < -0.3 is 10.6 Å². The number of aromatic nitrogens is 5. The van der Waals surface area contributed by atoms with Crippen LogP contribution >= 0.6 is 0 Å². The molecule has 2 amide bonds. The van der Waals surface area contributed by atoms with E-state index in [0.29, 0.717) is 6.54 Å². The van der Waals surface area contributed by atoms with Crippen molar-refractivity contribution in [2.75, 3.05) is 11.9 Å². The molecule has 156 valence electrons. The fourth-order valence-electron chi connectivity index (χ4n) is 3.03. The Balaban J connectivity index is 1.39. The van der Waals surface area contributed by atoms with Crippen LogP contribution in [-0.2, 0) is 11.3 Å². The Hall–Kier alpha value is -4.54. The van der Waals surface area contributed by atoms with Crippen LogP contribution in [-0.4, -0.2) is 43.6 Å². The van der Waals surface area contributed by atoms with Gasteiger partial charge in [0.15, 0.2) is 5.69 Å². The fraction of sp³-hybridized carbons (Fsp3) is 0.100. The van der Waals surface area contributed by atoms with E-state index in [2.05, 4.69) is 31.1 Å². The van der Waals surface area contributed by atoms with Crippen molar-refractivity contribution in [2.45, 2.75) is 6.54 Å². The molecule has 0 aliphatic rings. The Bertz CT molecular complexity index is 1370. The van der Waals surface area contributed by atoms with Crippen molar-refractivity contribution in [1.82, 2.24) is 30.5 Å². The maximum atomic E-state index is 12.3. The Morgan fingerprint density at radius 1 is 0.968 bits per heavy atom. The predicted octanol–water partition coefficient (Wildman–Crippen LogP) is 0.225. The molecule has 0 aliphatic heterocycles. The van der Waals surface area contributed by atoms with E-state index in [4.69, 9.17) is 0 Å². The zero-order chi connectivity index (χ0) is 21.8. The molecule has 0 saturated heterocycles. The van der Waals surface area contributed by atoms with Crippen LogP contribution in [0.25, 0.3) is 10.8 Å². The average molecular weight is 419 g/mol. The predicted molar refractivity (Wildman–Crippen MR) is 112 cm³/mol. The highest BCUT2D eigenvalue weighted by molar-refractivity contribution is 6.03. The van der Waals surface area contributed by atoms with E-state index in [9.17, 15) is 19.2 Å². The highest BCUT2D eigenvalue weighted by atomic mass is 16.2. The molecule has 11 heteroatoms. The minimum atomic E-state index is -0.572. The molecule has 4 rings (SSSR count). The van der Waals surface area contributed by atoms with Gasteiger partial charge in [-0.25, -0.2) is 4.68 Å². The summed E-state index contributed by atoms with van der Waals surface area (Å²) >= 11 is 0. The summed E-state index contributed by atoms with van der Waals surface area (Å²) in [4.78, 5) is 48.4. The van der Waals surface area contributed by atoms with Crippen molar-refractivity contribution < 1.29 is 9.59 Å². The van der Waals surface area contributed by atoms with Crippen molar-refractivity contribution in [2.24, 2.45) is 0 Å². The molecule has 2 aromatic carbocycles. The SMILES string of the molecule is O=C(CNC(=O)c1cn(Cc2ccccc2)nn1)Nc1cccc2c(=O)[nH][nH]c(=O)c12. The maximum Gasteiger partial charge on any atom is 0.273 e. The van der Waals surface area contributed by atoms with E-state index in [0.717, 1.165) is 5.56 Å². The van der Waals surface area contributed by atoms with Crippen molar-refractivity contribution in [3.8, 4) is 0 Å². The Labute approximate surface area is 174 Å². The first kappa shape index (κ1) is 19.8. The highest BCUT2D eigenvalue weighted by Gasteiger charge is 2.14. The van der Waals surface area contributed by atoms with E-state index in [1.54, 1.807) is 0 Å². The molecular weight excluding hydrogens is 402 g/mol. The van der Waals surface area contributed by atoms with Crippen LogP contribution in [0.5, 0.6) is 0 Å². The lowest BCUT2D eigenvalue weighted by atomic mass is 10.1. The van der Waals surface area contributed by atoms with Gasteiger partial charge in [0, 0.05) is 0 Å². The largest absolute Gasteiger partial charge is 0.342 e. The molecule has 0 aliphatic carbocycles. The van der Waals surface area contributed by atoms with Gasteiger partial charge in [0.05, 0.1) is 35.7 Å². The topological polar surface area (TPSA) is 155 Å². The van der Waals surface area contributed by atoms with Crippen LogP contribution < -0.4 is 21.8 Å². The van der Waals surface area contributed by atoms with E-state index >= 15 is 0 Å². The summed E-state index contributed by atoms with van der Waals surface area (Å²) in [6.45, 7) is 0.0955. The number of benzene rings is 2. The summed E-state index contributed by atoms with van der Waals surface area (Å²) in [5.41, 5.74) is 0.194. The molecule has 0 atom stereocenters. The molecule has 2 heterocycles. The lowest BCUT2D eigenvalue weighted by molar-refractivity contribution is -0.115. The monoisotopic (exact) mass is 419 g/mol. The molecule has 11 nitrogen and oxygen atoms in total. The minimum Gasteiger partial charge on any atom is -0.342 e. The second kappa shape index (κ2) is 8.45. The molecule has 31 heavy (non-hydrogen) atoms. The molecule has 2 aromatic heterocycles. The van der Waals surface area contributed by atoms with Crippen LogP contribution in [0.4, 0.5) is 5.69 Å². The number of amides is 2. The number of carbonyl (C=O) groups is 2. The van der Waals surface area contributed by atoms with E-state index in [1.165, 1.54) is 29.1 Å². The molecule has 0 saturated carbocycles. The summed E-state index contributed by atoms with van der Waals surface area (Å²) in [7, 11) is 0. The van der Waals surface area contributed by atoms with Gasteiger partial charge in [0.1, 0.15) is 0 Å². The number of H-pyrrole nitrogens is 2. The molecule has 0 fully saturated rings. The second-order valence-corrected chi connectivity index (χ2v) is 6.65. The van der Waals surface area contributed by atoms with Gasteiger partial charge >= 0.3 is 0 Å². The number of carbonyl (C=O) groups excluding carboxylic acids is 2. The summed E-state index contributed by atoms with van der Waals surface area (Å²) in [6.07, 6.45) is 1.48. The summed E-state index contributed by atoms with van der Waals surface area (Å²) in [5, 5.41) is 17.3. The molecule has 0 radical (unpaired) electrons. The van der Waals surface area contributed by atoms with Crippen molar-refractivity contribution in [1.29, 1.82) is 0 Å².